The van der Waals surface area contributed by atoms with Crippen molar-refractivity contribution in [1.82, 2.24) is 10.2 Å². The number of hydrogen-bond acceptors (Lipinski definition) is 5. The van der Waals surface area contributed by atoms with Gasteiger partial charge in [0.15, 0.2) is 0 Å². The molecule has 0 aromatic heterocycles. The van der Waals surface area contributed by atoms with Gasteiger partial charge in [-0.25, -0.2) is 8.42 Å². The maximum atomic E-state index is 14.4. The Bertz CT molecular complexity index is 1700. The Morgan fingerprint density at radius 3 is 2.02 bits per heavy atom. The predicted octanol–water partition coefficient (Wildman–Crippen LogP) is 6.36. The number of carbonyl (C=O) groups is 2. The van der Waals surface area contributed by atoms with E-state index in [4.69, 9.17) is 27.9 Å². The molecule has 4 aromatic rings. The predicted molar refractivity (Wildman–Crippen MR) is 178 cm³/mol. The number of carbonyl (C=O) groups excluding carboxylic acids is 2. The molecule has 1 N–H and O–H groups in total. The van der Waals surface area contributed by atoms with E-state index in [9.17, 15) is 18.0 Å². The van der Waals surface area contributed by atoms with E-state index in [1.807, 2.05) is 44.2 Å². The summed E-state index contributed by atoms with van der Waals surface area (Å²) in [5.41, 5.74) is 1.75. The van der Waals surface area contributed by atoms with Crippen LogP contribution in [0.15, 0.2) is 108 Å². The van der Waals surface area contributed by atoms with Crippen molar-refractivity contribution in [3.05, 3.63) is 124 Å². The van der Waals surface area contributed by atoms with E-state index < -0.39 is 28.5 Å². The van der Waals surface area contributed by atoms with Crippen LogP contribution in [0.1, 0.15) is 25.0 Å². The van der Waals surface area contributed by atoms with E-state index in [1.54, 1.807) is 60.7 Å². The second kappa shape index (κ2) is 15.3. The highest BCUT2D eigenvalue weighted by atomic mass is 35.5. The maximum absolute atomic E-state index is 14.4. The molecule has 1 atom stereocenters. The van der Waals surface area contributed by atoms with Gasteiger partial charge in [-0.2, -0.15) is 0 Å². The fourth-order valence-electron chi connectivity index (χ4n) is 4.77. The highest BCUT2D eigenvalue weighted by Crippen LogP contribution is 2.27. The Balaban J connectivity index is 1.80. The van der Waals surface area contributed by atoms with Crippen LogP contribution >= 0.6 is 23.2 Å². The summed E-state index contributed by atoms with van der Waals surface area (Å²) >= 11 is 12.5. The fourth-order valence-corrected chi connectivity index (χ4v) is 6.50. The van der Waals surface area contributed by atoms with Gasteiger partial charge in [0.25, 0.3) is 10.0 Å². The van der Waals surface area contributed by atoms with Crippen LogP contribution in [0.4, 0.5) is 5.69 Å². The summed E-state index contributed by atoms with van der Waals surface area (Å²) in [6, 6.07) is 27.4. The largest absolute Gasteiger partial charge is 0.497 e. The number of hydrogen-bond donors (Lipinski definition) is 1. The minimum Gasteiger partial charge on any atom is -0.497 e. The van der Waals surface area contributed by atoms with Crippen molar-refractivity contribution < 1.29 is 22.7 Å². The zero-order valence-electron chi connectivity index (χ0n) is 25.2. The smallest absolute Gasteiger partial charge is 0.264 e. The first-order valence-electron chi connectivity index (χ1n) is 14.3. The highest BCUT2D eigenvalue weighted by molar-refractivity contribution is 7.92. The third kappa shape index (κ3) is 8.78. The minimum absolute atomic E-state index is 0.0191. The molecular weight excluding hydrogens is 633 g/mol. The summed E-state index contributed by atoms with van der Waals surface area (Å²) < 4.78 is 34.4. The lowest BCUT2D eigenvalue weighted by atomic mass is 10.0. The standard InChI is InChI=1S/C34H35Cl2N3O5S/c1-24(2)37-34(41)32(21-25-10-6-4-7-11-25)38(22-26-14-19-30(35)31(36)20-26)33(40)23-39(27-12-8-5-9-13-27)45(42,43)29-17-15-28(44-3)16-18-29/h4-20,24,32H,21-23H2,1-3H3,(H,37,41)/t32-/m0/s1. The molecule has 0 heterocycles. The molecule has 0 unspecified atom stereocenters. The third-order valence-electron chi connectivity index (χ3n) is 7.01. The lowest BCUT2D eigenvalue weighted by molar-refractivity contribution is -0.140. The van der Waals surface area contributed by atoms with Gasteiger partial charge in [-0.15, -0.1) is 0 Å². The molecule has 0 spiro atoms. The molecule has 0 aliphatic carbocycles. The molecule has 0 radical (unpaired) electrons. The average Bonchev–Trinajstić information content (AvgIpc) is 3.03. The van der Waals surface area contributed by atoms with E-state index in [1.165, 1.54) is 24.1 Å². The number of anilines is 1. The average molecular weight is 669 g/mol. The summed E-state index contributed by atoms with van der Waals surface area (Å²) in [4.78, 5) is 29.6. The first-order chi connectivity index (χ1) is 21.5. The summed E-state index contributed by atoms with van der Waals surface area (Å²) in [7, 11) is -2.74. The van der Waals surface area contributed by atoms with Crippen molar-refractivity contribution in [2.75, 3.05) is 18.0 Å². The molecule has 0 saturated heterocycles. The fraction of sp³-hybridized carbons (Fsp3) is 0.235. The van der Waals surface area contributed by atoms with Gasteiger partial charge in [-0.1, -0.05) is 77.8 Å². The van der Waals surface area contributed by atoms with Crippen molar-refractivity contribution in [3.63, 3.8) is 0 Å². The number of halogens is 2. The third-order valence-corrected chi connectivity index (χ3v) is 9.54. The summed E-state index contributed by atoms with van der Waals surface area (Å²) in [5, 5.41) is 3.57. The molecule has 0 saturated carbocycles. The molecule has 2 amide bonds. The number of benzene rings is 4. The van der Waals surface area contributed by atoms with E-state index in [0.29, 0.717) is 27.0 Å². The van der Waals surface area contributed by atoms with Gasteiger partial charge in [-0.05, 0) is 73.5 Å². The highest BCUT2D eigenvalue weighted by Gasteiger charge is 2.35. The van der Waals surface area contributed by atoms with Crippen molar-refractivity contribution >= 4 is 50.7 Å². The Hall–Kier alpha value is -4.05. The number of rotatable bonds is 13. The maximum Gasteiger partial charge on any atom is 0.264 e. The molecule has 236 valence electrons. The van der Waals surface area contributed by atoms with Crippen LogP contribution < -0.4 is 14.4 Å². The second-order valence-corrected chi connectivity index (χ2v) is 13.3. The van der Waals surface area contributed by atoms with E-state index >= 15 is 0 Å². The van der Waals surface area contributed by atoms with Crippen molar-refractivity contribution in [1.29, 1.82) is 0 Å². The number of para-hydroxylation sites is 1. The van der Waals surface area contributed by atoms with Gasteiger partial charge in [0.2, 0.25) is 11.8 Å². The molecule has 4 aromatic carbocycles. The molecule has 0 fully saturated rings. The van der Waals surface area contributed by atoms with Crippen LogP contribution in [0.5, 0.6) is 5.75 Å². The molecule has 11 heteroatoms. The number of nitrogens with one attached hydrogen (secondary N) is 1. The summed E-state index contributed by atoms with van der Waals surface area (Å²) in [5.74, 6) is -0.461. The van der Waals surface area contributed by atoms with Gasteiger partial charge in [-0.3, -0.25) is 13.9 Å². The van der Waals surface area contributed by atoms with Gasteiger partial charge in [0, 0.05) is 19.0 Å². The number of ether oxygens (including phenoxy) is 1. The zero-order valence-corrected chi connectivity index (χ0v) is 27.5. The van der Waals surface area contributed by atoms with Crippen LogP contribution in [0.3, 0.4) is 0 Å². The Labute approximate surface area is 274 Å². The quantitative estimate of drug-likeness (QED) is 0.179. The number of amides is 2. The second-order valence-electron chi connectivity index (χ2n) is 10.7. The normalized spacial score (nSPS) is 12.0. The van der Waals surface area contributed by atoms with Crippen molar-refractivity contribution in [2.45, 2.75) is 43.8 Å². The van der Waals surface area contributed by atoms with Crippen LogP contribution in [0.2, 0.25) is 10.0 Å². The number of nitrogens with zero attached hydrogens (tertiary/aromatic N) is 2. The molecule has 0 aliphatic heterocycles. The molecule has 0 bridgehead atoms. The summed E-state index contributed by atoms with van der Waals surface area (Å²) in [6.07, 6.45) is 0.197. The SMILES string of the molecule is COc1ccc(S(=O)(=O)N(CC(=O)N(Cc2ccc(Cl)c(Cl)c2)[C@@H](Cc2ccccc2)C(=O)NC(C)C)c2ccccc2)cc1. The number of methoxy groups -OCH3 is 1. The molecule has 45 heavy (non-hydrogen) atoms. The van der Waals surface area contributed by atoms with Gasteiger partial charge >= 0.3 is 0 Å². The minimum atomic E-state index is -4.23. The van der Waals surface area contributed by atoms with E-state index in [2.05, 4.69) is 5.32 Å². The molecule has 4 rings (SSSR count). The zero-order chi connectivity index (χ0) is 32.6. The van der Waals surface area contributed by atoms with Crippen LogP contribution in [-0.2, 0) is 32.6 Å². The van der Waals surface area contributed by atoms with Crippen LogP contribution in [0.25, 0.3) is 0 Å². The van der Waals surface area contributed by atoms with Crippen LogP contribution in [0, 0.1) is 0 Å². The molecule has 8 nitrogen and oxygen atoms in total. The molecular formula is C34H35Cl2N3O5S. The first-order valence-corrected chi connectivity index (χ1v) is 16.5. The van der Waals surface area contributed by atoms with Crippen molar-refractivity contribution in [3.8, 4) is 5.75 Å². The Kier molecular flexibility index (Phi) is 11.5. The monoisotopic (exact) mass is 667 g/mol. The Morgan fingerprint density at radius 1 is 0.822 bits per heavy atom. The van der Waals surface area contributed by atoms with Crippen molar-refractivity contribution in [2.24, 2.45) is 0 Å². The van der Waals surface area contributed by atoms with E-state index in [-0.39, 0.29) is 29.8 Å². The Morgan fingerprint density at radius 2 is 1.44 bits per heavy atom. The summed E-state index contributed by atoms with van der Waals surface area (Å²) in [6.45, 7) is 3.08. The van der Waals surface area contributed by atoms with Gasteiger partial charge in [0.05, 0.1) is 27.7 Å². The lowest BCUT2D eigenvalue weighted by Gasteiger charge is -2.34. The number of sulfonamides is 1. The van der Waals surface area contributed by atoms with E-state index in [0.717, 1.165) is 9.87 Å². The first kappa shape index (κ1) is 33.8. The van der Waals surface area contributed by atoms with Gasteiger partial charge in [0.1, 0.15) is 18.3 Å². The van der Waals surface area contributed by atoms with Crippen LogP contribution in [-0.4, -0.2) is 50.9 Å². The lowest BCUT2D eigenvalue weighted by Crippen LogP contribution is -2.54. The molecule has 0 aliphatic rings. The van der Waals surface area contributed by atoms with Gasteiger partial charge < -0.3 is 15.0 Å². The topological polar surface area (TPSA) is 96.0 Å².